The number of amides is 1. The van der Waals surface area contributed by atoms with E-state index >= 15 is 0 Å². The number of methoxy groups -OCH3 is 1. The molecule has 0 aliphatic carbocycles. The Bertz CT molecular complexity index is 2220. The Kier molecular flexibility index (Phi) is 12.1. The van der Waals surface area contributed by atoms with E-state index in [9.17, 15) is 14.0 Å². The lowest BCUT2D eigenvalue weighted by atomic mass is 10.0. The molecule has 3 heterocycles. The van der Waals surface area contributed by atoms with Crippen LogP contribution >= 0.6 is 0 Å². The van der Waals surface area contributed by atoms with Crippen LogP contribution in [-0.2, 0) is 29.1 Å². The van der Waals surface area contributed by atoms with Crippen molar-refractivity contribution in [3.05, 3.63) is 138 Å². The molecular formula is C43H46FN7O5. The minimum atomic E-state index is -0.656. The van der Waals surface area contributed by atoms with E-state index in [-0.39, 0.29) is 30.2 Å². The van der Waals surface area contributed by atoms with Crippen molar-refractivity contribution < 1.29 is 28.2 Å². The van der Waals surface area contributed by atoms with E-state index < -0.39 is 29.6 Å². The van der Waals surface area contributed by atoms with Gasteiger partial charge in [-0.1, -0.05) is 91.0 Å². The van der Waals surface area contributed by atoms with Crippen molar-refractivity contribution >= 4 is 29.3 Å². The molecule has 0 bridgehead atoms. The largest absolute Gasteiger partial charge is 0.473 e. The van der Waals surface area contributed by atoms with Crippen molar-refractivity contribution in [1.82, 2.24) is 24.5 Å². The minimum Gasteiger partial charge on any atom is -0.473 e. The number of likely N-dealkylation sites (N-methyl/N-ethyl adjacent to an activating group) is 1. The highest BCUT2D eigenvalue weighted by atomic mass is 19.1. The molecule has 1 atom stereocenters. The van der Waals surface area contributed by atoms with Crippen LogP contribution < -0.4 is 15.0 Å². The van der Waals surface area contributed by atoms with Gasteiger partial charge in [0.05, 0.1) is 31.6 Å². The lowest BCUT2D eigenvalue weighted by Crippen LogP contribution is -2.39. The second-order valence-corrected chi connectivity index (χ2v) is 14.4. The van der Waals surface area contributed by atoms with Gasteiger partial charge in [-0.05, 0) is 50.5 Å². The fraction of sp³-hybridized carbons (Fsp3) is 0.279. The molecule has 6 rings (SSSR count). The molecule has 1 unspecified atom stereocenters. The van der Waals surface area contributed by atoms with E-state index in [1.807, 2.05) is 66.7 Å². The number of fused-ring (bicyclic) bond motifs is 1. The summed E-state index contributed by atoms with van der Waals surface area (Å²) in [6.07, 6.45) is 1.52. The molecule has 1 N–H and O–H groups in total. The number of carbonyl (C=O) groups is 2. The smallest absolute Gasteiger partial charge is 0.410 e. The highest BCUT2D eigenvalue weighted by Crippen LogP contribution is 2.39. The molecule has 0 saturated carbocycles. The number of anilines is 2. The zero-order chi connectivity index (χ0) is 39.8. The van der Waals surface area contributed by atoms with Crippen LogP contribution in [0.4, 0.5) is 20.8 Å². The molecule has 0 spiro atoms. The first kappa shape index (κ1) is 39.2. The average molecular weight is 760 g/mol. The van der Waals surface area contributed by atoms with Crippen LogP contribution in [0.25, 0.3) is 16.8 Å². The number of benzene rings is 3. The fourth-order valence-corrected chi connectivity index (χ4v) is 6.24. The van der Waals surface area contributed by atoms with Crippen LogP contribution in [0.3, 0.4) is 0 Å². The van der Waals surface area contributed by atoms with E-state index in [1.165, 1.54) is 24.3 Å². The Balaban J connectivity index is 1.45. The molecule has 56 heavy (non-hydrogen) atoms. The molecule has 12 nitrogen and oxygen atoms in total. The zero-order valence-electron chi connectivity index (χ0n) is 32.4. The van der Waals surface area contributed by atoms with E-state index in [0.29, 0.717) is 35.9 Å². The Hall–Kier alpha value is -6.50. The van der Waals surface area contributed by atoms with Crippen molar-refractivity contribution in [3.8, 4) is 17.0 Å². The number of halogens is 1. The molecule has 0 radical (unpaired) electrons. The predicted octanol–water partition coefficient (Wildman–Crippen LogP) is 8.17. The number of nitrogens with one attached hydrogen (secondary N) is 1. The summed E-state index contributed by atoms with van der Waals surface area (Å²) < 4.78 is 33.4. The van der Waals surface area contributed by atoms with Gasteiger partial charge in [0.2, 0.25) is 5.88 Å². The van der Waals surface area contributed by atoms with Gasteiger partial charge in [0, 0.05) is 32.2 Å². The lowest BCUT2D eigenvalue weighted by Gasteiger charge is -2.29. The van der Waals surface area contributed by atoms with Gasteiger partial charge in [-0.15, -0.1) is 0 Å². The summed E-state index contributed by atoms with van der Waals surface area (Å²) in [6.45, 7) is 8.39. The number of carbonyl (C=O) groups excluding carboxylic acids is 2. The molecule has 3 aromatic heterocycles. The van der Waals surface area contributed by atoms with Gasteiger partial charge >= 0.3 is 12.1 Å². The second kappa shape index (κ2) is 17.3. The number of aromatic nitrogens is 4. The number of esters is 1. The van der Waals surface area contributed by atoms with Gasteiger partial charge < -0.3 is 29.3 Å². The summed E-state index contributed by atoms with van der Waals surface area (Å²) in [7, 11) is 2.93. The summed E-state index contributed by atoms with van der Waals surface area (Å²) in [5.41, 5.74) is 3.84. The van der Waals surface area contributed by atoms with Gasteiger partial charge in [0.1, 0.15) is 34.7 Å². The monoisotopic (exact) mass is 759 g/mol. The van der Waals surface area contributed by atoms with Gasteiger partial charge in [-0.3, -0.25) is 0 Å². The third kappa shape index (κ3) is 9.59. The number of rotatable bonds is 14. The van der Waals surface area contributed by atoms with Crippen molar-refractivity contribution in [2.75, 3.05) is 30.9 Å². The lowest BCUT2D eigenvalue weighted by molar-refractivity contribution is 0.0234. The first-order chi connectivity index (χ1) is 26.9. The number of pyridine rings is 1. The first-order valence-electron chi connectivity index (χ1n) is 18.3. The second-order valence-electron chi connectivity index (χ2n) is 14.4. The standard InChI is InChI=1S/C43H46FN7O5/c1-29(26-49(5)42(53)56-43(2,3)4)55-39-33(22-34(44)24-46-39)23-45-37-36(32-20-14-9-15-21-32)40(51-38(48-37)35(25-47-51)41(52)54-6)50(27-30-16-10-7-11-17-30)28-31-18-12-8-13-19-31/h7-22,24-25,29H,23,26-28H2,1-6H3,(H,45,48). The molecule has 0 fully saturated rings. The Morgan fingerprint density at radius 1 is 0.911 bits per heavy atom. The van der Waals surface area contributed by atoms with Gasteiger partial charge in [-0.25, -0.2) is 23.9 Å². The third-order valence-corrected chi connectivity index (χ3v) is 8.71. The normalized spacial score (nSPS) is 11.8. The number of hydrogen-bond acceptors (Lipinski definition) is 10. The zero-order valence-corrected chi connectivity index (χ0v) is 32.4. The maximum absolute atomic E-state index is 14.9. The van der Waals surface area contributed by atoms with Gasteiger partial charge in [0.25, 0.3) is 0 Å². The van der Waals surface area contributed by atoms with Crippen LogP contribution in [0.5, 0.6) is 5.88 Å². The van der Waals surface area contributed by atoms with Crippen LogP contribution in [0, 0.1) is 5.82 Å². The van der Waals surface area contributed by atoms with Crippen LogP contribution in [0.2, 0.25) is 0 Å². The maximum Gasteiger partial charge on any atom is 0.410 e. The van der Waals surface area contributed by atoms with E-state index in [0.717, 1.165) is 22.9 Å². The summed E-state index contributed by atoms with van der Waals surface area (Å²) in [6, 6.07) is 31.3. The molecular weight excluding hydrogens is 714 g/mol. The molecule has 3 aromatic carbocycles. The predicted molar refractivity (Wildman–Crippen MR) is 213 cm³/mol. The highest BCUT2D eigenvalue weighted by Gasteiger charge is 2.28. The SMILES string of the molecule is COC(=O)c1cnn2c(N(Cc3ccccc3)Cc3ccccc3)c(-c3ccccc3)c(NCc3cc(F)cnc3OC(C)CN(C)C(=O)OC(C)(C)C)nc12. The summed E-state index contributed by atoms with van der Waals surface area (Å²) >= 11 is 0. The highest BCUT2D eigenvalue weighted by molar-refractivity contribution is 5.98. The van der Waals surface area contributed by atoms with Crippen molar-refractivity contribution in [3.63, 3.8) is 0 Å². The molecule has 0 aliphatic rings. The Morgan fingerprint density at radius 2 is 1.52 bits per heavy atom. The van der Waals surface area contributed by atoms with E-state index in [1.54, 1.807) is 39.3 Å². The van der Waals surface area contributed by atoms with Gasteiger partial charge in [-0.2, -0.15) is 9.61 Å². The minimum absolute atomic E-state index is 0.0379. The first-order valence-corrected chi connectivity index (χ1v) is 18.3. The average Bonchev–Trinajstić information content (AvgIpc) is 3.61. The Labute approximate surface area is 325 Å². The van der Waals surface area contributed by atoms with E-state index in [4.69, 9.17) is 24.3 Å². The summed E-state index contributed by atoms with van der Waals surface area (Å²) in [5.74, 6) is 0.106. The third-order valence-electron chi connectivity index (χ3n) is 8.71. The fourth-order valence-electron chi connectivity index (χ4n) is 6.24. The van der Waals surface area contributed by atoms with Crippen LogP contribution in [-0.4, -0.2) is 69.0 Å². The van der Waals surface area contributed by atoms with E-state index in [2.05, 4.69) is 39.5 Å². The topological polar surface area (TPSA) is 123 Å². The molecule has 6 aromatic rings. The summed E-state index contributed by atoms with van der Waals surface area (Å²) in [4.78, 5) is 38.7. The van der Waals surface area contributed by atoms with Crippen LogP contribution in [0.15, 0.2) is 109 Å². The van der Waals surface area contributed by atoms with Gasteiger partial charge in [0.15, 0.2) is 5.65 Å². The molecule has 13 heteroatoms. The quantitative estimate of drug-likeness (QED) is 0.109. The number of hydrogen-bond donors (Lipinski definition) is 1. The number of ether oxygens (including phenoxy) is 3. The summed E-state index contributed by atoms with van der Waals surface area (Å²) in [5, 5.41) is 8.16. The van der Waals surface area contributed by atoms with Crippen molar-refractivity contribution in [1.29, 1.82) is 0 Å². The van der Waals surface area contributed by atoms with Crippen molar-refractivity contribution in [2.45, 2.75) is 59.0 Å². The molecule has 290 valence electrons. The molecule has 0 aliphatic heterocycles. The number of nitrogens with zero attached hydrogens (tertiary/aromatic N) is 6. The molecule has 0 saturated heterocycles. The molecule has 1 amide bonds. The van der Waals surface area contributed by atoms with Crippen molar-refractivity contribution in [2.24, 2.45) is 0 Å². The van der Waals surface area contributed by atoms with Crippen LogP contribution in [0.1, 0.15) is 54.7 Å². The Morgan fingerprint density at radius 3 is 2.11 bits per heavy atom. The maximum atomic E-state index is 14.9.